The van der Waals surface area contributed by atoms with E-state index in [1.165, 1.54) is 6.07 Å². The summed E-state index contributed by atoms with van der Waals surface area (Å²) >= 11 is 0. The number of pyridine rings is 1. The number of carbonyl (C=O) groups is 1. The van der Waals surface area contributed by atoms with Crippen molar-refractivity contribution in [3.63, 3.8) is 0 Å². The molecule has 1 saturated heterocycles. The molecule has 1 amide bonds. The van der Waals surface area contributed by atoms with Crippen LogP contribution in [0.3, 0.4) is 0 Å². The van der Waals surface area contributed by atoms with E-state index in [0.717, 1.165) is 44.6 Å². The van der Waals surface area contributed by atoms with Crippen LogP contribution in [0.15, 0.2) is 30.6 Å². The molecule has 1 unspecified atom stereocenters. The molecule has 202 valence electrons. The summed E-state index contributed by atoms with van der Waals surface area (Å²) in [5.74, 6) is -0.541. The lowest BCUT2D eigenvalue weighted by molar-refractivity contribution is 0.0949. The molecule has 5 heterocycles. The molecule has 39 heavy (non-hydrogen) atoms. The Morgan fingerprint density at radius 3 is 2.59 bits per heavy atom. The molecule has 4 aromatic rings. The maximum atomic E-state index is 15.2. The van der Waals surface area contributed by atoms with Crippen molar-refractivity contribution < 1.29 is 13.6 Å². The molecule has 3 aromatic heterocycles. The van der Waals surface area contributed by atoms with Gasteiger partial charge < -0.3 is 25.0 Å². The topological polar surface area (TPSA) is 104 Å². The number of hydrogen-bond donors (Lipinski definition) is 2. The van der Waals surface area contributed by atoms with Crippen LogP contribution in [0.25, 0.3) is 22.3 Å². The van der Waals surface area contributed by atoms with Crippen molar-refractivity contribution in [2.24, 2.45) is 0 Å². The fourth-order valence-corrected chi connectivity index (χ4v) is 5.39. The van der Waals surface area contributed by atoms with Crippen LogP contribution in [0.1, 0.15) is 36.1 Å². The molecule has 10 nitrogen and oxygen atoms in total. The molecule has 2 aliphatic rings. The van der Waals surface area contributed by atoms with Crippen LogP contribution < -0.4 is 15.5 Å². The Balaban J connectivity index is 1.47. The van der Waals surface area contributed by atoms with E-state index in [2.05, 4.69) is 47.3 Å². The Hall–Kier alpha value is -4.19. The lowest BCUT2D eigenvalue weighted by atomic mass is 10.1. The van der Waals surface area contributed by atoms with Gasteiger partial charge in [0, 0.05) is 44.3 Å². The van der Waals surface area contributed by atoms with Gasteiger partial charge in [-0.3, -0.25) is 4.79 Å². The minimum atomic E-state index is -0.688. The van der Waals surface area contributed by atoms with Crippen molar-refractivity contribution in [2.75, 3.05) is 49.5 Å². The molecular formula is C27H29F2N9O. The van der Waals surface area contributed by atoms with E-state index in [0.29, 0.717) is 22.7 Å². The molecule has 0 aliphatic carbocycles. The Labute approximate surface area is 224 Å². The van der Waals surface area contributed by atoms with Crippen LogP contribution >= 0.6 is 0 Å². The molecule has 6 bridgehead atoms. The standard InChI is InChI=1S/C27H29F2N9O/c1-4-36-5-7-37(8-6-36)22-14-30-23-11-18(22)26(39)31-12-15(2)38-16(3)33-25-19(28)9-17(10-21(25)38)24-20(29)13-32-27(34-23)35-24/h9-11,13-15H,4-8,12H2,1-3H3,(H,31,39)(H,30,32,34,35). The van der Waals surface area contributed by atoms with Gasteiger partial charge in [-0.1, -0.05) is 6.92 Å². The summed E-state index contributed by atoms with van der Waals surface area (Å²) < 4.78 is 31.9. The maximum Gasteiger partial charge on any atom is 0.253 e. The monoisotopic (exact) mass is 533 g/mol. The maximum absolute atomic E-state index is 15.2. The number of halogens is 2. The summed E-state index contributed by atoms with van der Waals surface area (Å²) in [7, 11) is 0. The van der Waals surface area contributed by atoms with Gasteiger partial charge in [0.15, 0.2) is 11.6 Å². The van der Waals surface area contributed by atoms with Crippen molar-refractivity contribution in [3.05, 3.63) is 53.6 Å². The second kappa shape index (κ2) is 9.84. The lowest BCUT2D eigenvalue weighted by Gasteiger charge is -2.36. The minimum Gasteiger partial charge on any atom is -0.367 e. The minimum absolute atomic E-state index is 0.0546. The number of anilines is 3. The normalized spacial score (nSPS) is 18.0. The van der Waals surface area contributed by atoms with E-state index < -0.39 is 11.6 Å². The number of nitrogens with one attached hydrogen (secondary N) is 2. The van der Waals surface area contributed by atoms with Crippen LogP contribution in [0.4, 0.5) is 26.2 Å². The van der Waals surface area contributed by atoms with E-state index in [1.807, 2.05) is 11.5 Å². The first-order valence-electron chi connectivity index (χ1n) is 13.1. The van der Waals surface area contributed by atoms with E-state index >= 15 is 4.39 Å². The molecule has 1 aromatic carbocycles. The zero-order chi connectivity index (χ0) is 27.3. The smallest absolute Gasteiger partial charge is 0.253 e. The van der Waals surface area contributed by atoms with Crippen molar-refractivity contribution >= 4 is 34.4 Å². The van der Waals surface area contributed by atoms with Gasteiger partial charge in [-0.05, 0) is 38.6 Å². The number of aryl methyl sites for hydroxylation is 1. The highest BCUT2D eigenvalue weighted by molar-refractivity contribution is 6.00. The molecule has 0 saturated carbocycles. The van der Waals surface area contributed by atoms with Gasteiger partial charge in [-0.15, -0.1) is 0 Å². The van der Waals surface area contributed by atoms with Gasteiger partial charge in [0.25, 0.3) is 5.91 Å². The number of rotatable bonds is 2. The molecule has 0 spiro atoms. The van der Waals surface area contributed by atoms with Gasteiger partial charge in [0.1, 0.15) is 22.9 Å². The van der Waals surface area contributed by atoms with Gasteiger partial charge >= 0.3 is 0 Å². The number of hydrogen-bond acceptors (Lipinski definition) is 8. The quantitative estimate of drug-likeness (QED) is 0.402. The number of nitrogens with zero attached hydrogens (tertiary/aromatic N) is 7. The summed E-state index contributed by atoms with van der Waals surface area (Å²) in [6.07, 6.45) is 2.71. The zero-order valence-corrected chi connectivity index (χ0v) is 22.0. The zero-order valence-electron chi connectivity index (χ0n) is 22.0. The second-order valence-electron chi connectivity index (χ2n) is 9.94. The predicted molar refractivity (Wildman–Crippen MR) is 144 cm³/mol. The fraction of sp³-hybridized carbons (Fsp3) is 0.370. The third kappa shape index (κ3) is 4.54. The van der Waals surface area contributed by atoms with Gasteiger partial charge in [-0.25, -0.2) is 28.7 Å². The van der Waals surface area contributed by atoms with Crippen molar-refractivity contribution in [1.82, 2.24) is 34.7 Å². The highest BCUT2D eigenvalue weighted by atomic mass is 19.1. The van der Waals surface area contributed by atoms with E-state index in [4.69, 9.17) is 0 Å². The van der Waals surface area contributed by atoms with Gasteiger partial charge in [-0.2, -0.15) is 0 Å². The summed E-state index contributed by atoms with van der Waals surface area (Å²) in [6.45, 7) is 10.4. The van der Waals surface area contributed by atoms with Crippen LogP contribution in [0, 0.1) is 18.6 Å². The average molecular weight is 534 g/mol. The number of fused-ring (bicyclic) bond motifs is 6. The Morgan fingerprint density at radius 1 is 1.03 bits per heavy atom. The summed E-state index contributed by atoms with van der Waals surface area (Å²) in [4.78, 5) is 35.4. The molecule has 1 atom stereocenters. The largest absolute Gasteiger partial charge is 0.367 e. The van der Waals surface area contributed by atoms with Crippen LogP contribution in [-0.4, -0.2) is 74.6 Å². The molecule has 1 fully saturated rings. The molecule has 6 rings (SSSR count). The molecular weight excluding hydrogens is 504 g/mol. The van der Waals surface area contributed by atoms with Crippen LogP contribution in [-0.2, 0) is 0 Å². The first kappa shape index (κ1) is 25.1. The van der Waals surface area contributed by atoms with Gasteiger partial charge in [0.2, 0.25) is 5.95 Å². The third-order valence-electron chi connectivity index (χ3n) is 7.47. The molecule has 2 aliphatic heterocycles. The SMILES string of the molecule is CCN1CCN(c2cnc3cc2C(=O)NCC(C)n2c(C)nc4c(F)cc(cc42)-c2nc(ncc2F)N3)CC1. The first-order valence-corrected chi connectivity index (χ1v) is 13.1. The molecule has 2 N–H and O–H groups in total. The number of benzene rings is 1. The van der Waals surface area contributed by atoms with E-state index in [1.54, 1.807) is 25.3 Å². The Bertz CT molecular complexity index is 1580. The molecule has 12 heteroatoms. The first-order chi connectivity index (χ1) is 18.8. The van der Waals surface area contributed by atoms with Crippen molar-refractivity contribution in [2.45, 2.75) is 26.8 Å². The number of piperazine rings is 1. The summed E-state index contributed by atoms with van der Waals surface area (Å²) in [5.41, 5.74) is 2.06. The lowest BCUT2D eigenvalue weighted by Crippen LogP contribution is -2.47. The van der Waals surface area contributed by atoms with E-state index in [9.17, 15) is 9.18 Å². The predicted octanol–water partition coefficient (Wildman–Crippen LogP) is 3.66. The number of amides is 1. The van der Waals surface area contributed by atoms with Crippen molar-refractivity contribution in [3.8, 4) is 11.3 Å². The third-order valence-corrected chi connectivity index (χ3v) is 7.47. The highest BCUT2D eigenvalue weighted by Gasteiger charge is 2.25. The number of carbonyl (C=O) groups excluding carboxylic acids is 1. The number of likely N-dealkylation sites (N-methyl/N-ethyl adjacent to an activating group) is 1. The summed E-state index contributed by atoms with van der Waals surface area (Å²) in [6, 6.07) is 4.29. The number of imidazole rings is 1. The fourth-order valence-electron chi connectivity index (χ4n) is 5.39. The highest BCUT2D eigenvalue weighted by Crippen LogP contribution is 2.31. The second-order valence-corrected chi connectivity index (χ2v) is 9.94. The van der Waals surface area contributed by atoms with Gasteiger partial charge in [0.05, 0.1) is 29.2 Å². The Morgan fingerprint density at radius 2 is 1.82 bits per heavy atom. The Kier molecular flexibility index (Phi) is 6.34. The number of aromatic nitrogens is 5. The molecule has 0 radical (unpaired) electrons. The van der Waals surface area contributed by atoms with Crippen molar-refractivity contribution in [1.29, 1.82) is 0 Å². The average Bonchev–Trinajstić information content (AvgIpc) is 3.28. The van der Waals surface area contributed by atoms with Crippen LogP contribution in [0.2, 0.25) is 0 Å². The van der Waals surface area contributed by atoms with Crippen LogP contribution in [0.5, 0.6) is 0 Å². The summed E-state index contributed by atoms with van der Waals surface area (Å²) in [5, 5.41) is 6.03. The van der Waals surface area contributed by atoms with E-state index in [-0.39, 0.29) is 41.2 Å².